The maximum Gasteiger partial charge on any atom is 0.417 e. The maximum atomic E-state index is 15.4. The molecule has 1 aromatic carbocycles. The molecule has 1 aliphatic rings. The Balaban J connectivity index is 1.61. The molecule has 3 aromatic rings. The summed E-state index contributed by atoms with van der Waals surface area (Å²) in [5.74, 6) is -1.15. The SMILES string of the molecule is COc1ccc(-n2nccn2)c(C(=O)N2CCC[C@@H](C)C2CNc2ccc(C(F)(F)F)cn2)c1F. The van der Waals surface area contributed by atoms with Gasteiger partial charge in [0.05, 0.1) is 31.1 Å². The van der Waals surface area contributed by atoms with Gasteiger partial charge in [0.15, 0.2) is 11.6 Å². The molecule has 1 unspecified atom stereocenters. The molecule has 4 rings (SSSR count). The highest BCUT2D eigenvalue weighted by Crippen LogP contribution is 2.32. The minimum Gasteiger partial charge on any atom is -0.494 e. The molecule has 0 aliphatic carbocycles. The van der Waals surface area contributed by atoms with E-state index >= 15 is 4.39 Å². The third-order valence-corrected chi connectivity index (χ3v) is 6.11. The lowest BCUT2D eigenvalue weighted by Gasteiger charge is -2.40. The number of nitrogens with zero attached hydrogens (tertiary/aromatic N) is 5. The van der Waals surface area contributed by atoms with E-state index in [1.807, 2.05) is 6.92 Å². The Kier molecular flexibility index (Phi) is 6.90. The van der Waals surface area contributed by atoms with Gasteiger partial charge >= 0.3 is 6.18 Å². The number of likely N-dealkylation sites (tertiary alicyclic amines) is 1. The fourth-order valence-electron chi connectivity index (χ4n) is 4.25. The first-order valence-corrected chi connectivity index (χ1v) is 11.0. The van der Waals surface area contributed by atoms with Gasteiger partial charge in [0.2, 0.25) is 0 Å². The molecule has 8 nitrogen and oxygen atoms in total. The monoisotopic (exact) mass is 492 g/mol. The Morgan fingerprint density at radius 3 is 2.57 bits per heavy atom. The van der Waals surface area contributed by atoms with Crippen LogP contribution in [-0.2, 0) is 6.18 Å². The van der Waals surface area contributed by atoms with Gasteiger partial charge < -0.3 is 15.0 Å². The smallest absolute Gasteiger partial charge is 0.417 e. The van der Waals surface area contributed by atoms with Crippen molar-refractivity contribution < 1.29 is 27.1 Å². The molecular weight excluding hydrogens is 468 g/mol. The summed E-state index contributed by atoms with van der Waals surface area (Å²) in [4.78, 5) is 20.3. The van der Waals surface area contributed by atoms with Crippen LogP contribution < -0.4 is 10.1 Å². The van der Waals surface area contributed by atoms with Crippen LogP contribution in [0.15, 0.2) is 42.9 Å². The third kappa shape index (κ3) is 5.05. The number of halogens is 4. The second kappa shape index (κ2) is 9.88. The molecule has 1 saturated heterocycles. The van der Waals surface area contributed by atoms with E-state index in [1.54, 1.807) is 4.90 Å². The second-order valence-corrected chi connectivity index (χ2v) is 8.29. The van der Waals surface area contributed by atoms with Crippen LogP contribution in [0, 0.1) is 11.7 Å². The minimum atomic E-state index is -4.48. The van der Waals surface area contributed by atoms with Gasteiger partial charge in [0.25, 0.3) is 5.91 Å². The summed E-state index contributed by atoms with van der Waals surface area (Å²) in [5, 5.41) is 11.1. The summed E-state index contributed by atoms with van der Waals surface area (Å²) in [6.45, 7) is 2.59. The average molecular weight is 492 g/mol. The van der Waals surface area contributed by atoms with Crippen LogP contribution in [0.1, 0.15) is 35.7 Å². The van der Waals surface area contributed by atoms with Crippen LogP contribution in [0.3, 0.4) is 0 Å². The molecule has 186 valence electrons. The molecule has 2 aromatic heterocycles. The molecule has 0 radical (unpaired) electrons. The van der Waals surface area contributed by atoms with Crippen molar-refractivity contribution in [2.45, 2.75) is 32.0 Å². The number of nitrogens with one attached hydrogen (secondary N) is 1. The van der Waals surface area contributed by atoms with Gasteiger partial charge in [-0.1, -0.05) is 6.92 Å². The predicted octanol–water partition coefficient (Wildman–Crippen LogP) is 4.18. The van der Waals surface area contributed by atoms with Gasteiger partial charge in [-0.25, -0.2) is 9.37 Å². The zero-order valence-corrected chi connectivity index (χ0v) is 19.1. The summed E-state index contributed by atoms with van der Waals surface area (Å²) >= 11 is 0. The van der Waals surface area contributed by atoms with Crippen molar-refractivity contribution in [1.29, 1.82) is 0 Å². The zero-order valence-electron chi connectivity index (χ0n) is 19.1. The summed E-state index contributed by atoms with van der Waals surface area (Å²) < 4.78 is 58.9. The van der Waals surface area contributed by atoms with E-state index in [0.717, 1.165) is 25.1 Å². The first-order chi connectivity index (χ1) is 16.7. The largest absolute Gasteiger partial charge is 0.494 e. The lowest BCUT2D eigenvalue weighted by Crippen LogP contribution is -2.51. The lowest BCUT2D eigenvalue weighted by atomic mass is 9.90. The number of aromatic nitrogens is 4. The van der Waals surface area contributed by atoms with Crippen molar-refractivity contribution in [3.8, 4) is 11.4 Å². The Bertz CT molecular complexity index is 1170. The van der Waals surface area contributed by atoms with Crippen LogP contribution in [-0.4, -0.2) is 57.0 Å². The number of benzene rings is 1. The Hall–Kier alpha value is -3.70. The Labute approximate surface area is 198 Å². The highest BCUT2D eigenvalue weighted by molar-refractivity contribution is 5.98. The first kappa shape index (κ1) is 24.4. The van der Waals surface area contributed by atoms with Crippen molar-refractivity contribution in [1.82, 2.24) is 24.9 Å². The van der Waals surface area contributed by atoms with Crippen LogP contribution in [0.5, 0.6) is 5.75 Å². The van der Waals surface area contributed by atoms with Gasteiger partial charge in [0.1, 0.15) is 17.1 Å². The standard InChI is InChI=1S/C23H24F4N6O2/c1-14-4-3-11-32(17(14)13-29-19-8-5-15(12-28-19)23(25,26)27)22(34)20-16(33-30-9-10-31-33)6-7-18(35-2)21(20)24/h5-10,12,14,17H,3-4,11,13H2,1-2H3,(H,28,29)/t14-,17?/m1/s1. The number of hydrogen-bond donors (Lipinski definition) is 1. The van der Waals surface area contributed by atoms with Crippen molar-refractivity contribution in [3.63, 3.8) is 0 Å². The van der Waals surface area contributed by atoms with E-state index in [0.29, 0.717) is 6.54 Å². The fourth-order valence-corrected chi connectivity index (χ4v) is 4.25. The fraction of sp³-hybridized carbons (Fsp3) is 0.391. The topological polar surface area (TPSA) is 85.2 Å². The molecule has 1 amide bonds. The number of carbonyl (C=O) groups is 1. The molecule has 3 heterocycles. The van der Waals surface area contributed by atoms with E-state index in [-0.39, 0.29) is 41.3 Å². The van der Waals surface area contributed by atoms with E-state index in [4.69, 9.17) is 4.74 Å². The van der Waals surface area contributed by atoms with E-state index in [9.17, 15) is 18.0 Å². The normalized spacial score (nSPS) is 18.4. The summed E-state index contributed by atoms with van der Waals surface area (Å²) in [6, 6.07) is 4.74. The van der Waals surface area contributed by atoms with E-state index < -0.39 is 23.5 Å². The molecule has 1 N–H and O–H groups in total. The molecule has 35 heavy (non-hydrogen) atoms. The molecule has 0 spiro atoms. The zero-order chi connectivity index (χ0) is 25.2. The number of anilines is 1. The molecule has 0 saturated carbocycles. The molecular formula is C23H24F4N6O2. The highest BCUT2D eigenvalue weighted by atomic mass is 19.4. The molecule has 1 aliphatic heterocycles. The van der Waals surface area contributed by atoms with Crippen LogP contribution in [0.2, 0.25) is 0 Å². The van der Waals surface area contributed by atoms with Gasteiger partial charge in [-0.15, -0.1) is 0 Å². The summed E-state index contributed by atoms with van der Waals surface area (Å²) in [5.41, 5.74) is -0.890. The number of hydrogen-bond acceptors (Lipinski definition) is 6. The van der Waals surface area contributed by atoms with Crippen molar-refractivity contribution >= 4 is 11.7 Å². The Morgan fingerprint density at radius 1 is 1.20 bits per heavy atom. The minimum absolute atomic E-state index is 0.0506. The highest BCUT2D eigenvalue weighted by Gasteiger charge is 2.36. The number of piperidine rings is 1. The number of amides is 1. The van der Waals surface area contributed by atoms with Crippen molar-refractivity contribution in [3.05, 3.63) is 59.8 Å². The van der Waals surface area contributed by atoms with Crippen molar-refractivity contribution in [2.75, 3.05) is 25.5 Å². The maximum absolute atomic E-state index is 15.4. The van der Waals surface area contributed by atoms with Crippen LogP contribution >= 0.6 is 0 Å². The number of pyridine rings is 1. The molecule has 0 bridgehead atoms. The second-order valence-electron chi connectivity index (χ2n) is 8.29. The molecule has 2 atom stereocenters. The number of carbonyl (C=O) groups excluding carboxylic acids is 1. The van der Waals surface area contributed by atoms with Gasteiger partial charge in [-0.3, -0.25) is 4.79 Å². The number of ether oxygens (including phenoxy) is 1. The predicted molar refractivity (Wildman–Crippen MR) is 119 cm³/mol. The number of methoxy groups -OCH3 is 1. The van der Waals surface area contributed by atoms with Crippen LogP contribution in [0.25, 0.3) is 5.69 Å². The van der Waals surface area contributed by atoms with Gasteiger partial charge in [-0.2, -0.15) is 28.2 Å². The Morgan fingerprint density at radius 2 is 1.94 bits per heavy atom. The molecule has 1 fully saturated rings. The summed E-state index contributed by atoms with van der Waals surface area (Å²) in [7, 11) is 1.31. The van der Waals surface area contributed by atoms with Gasteiger partial charge in [0, 0.05) is 19.3 Å². The number of alkyl halides is 3. The van der Waals surface area contributed by atoms with E-state index in [1.165, 1.54) is 42.5 Å². The lowest BCUT2D eigenvalue weighted by molar-refractivity contribution is -0.137. The quantitative estimate of drug-likeness (QED) is 0.520. The van der Waals surface area contributed by atoms with Crippen LogP contribution in [0.4, 0.5) is 23.4 Å². The molecule has 12 heteroatoms. The average Bonchev–Trinajstić information content (AvgIpc) is 3.37. The number of rotatable bonds is 6. The van der Waals surface area contributed by atoms with E-state index in [2.05, 4.69) is 20.5 Å². The van der Waals surface area contributed by atoms with Gasteiger partial charge in [-0.05, 0) is 43.0 Å². The first-order valence-electron chi connectivity index (χ1n) is 11.0. The summed E-state index contributed by atoms with van der Waals surface area (Å²) in [6.07, 6.45) is 0.680. The van der Waals surface area contributed by atoms with Crippen molar-refractivity contribution in [2.24, 2.45) is 5.92 Å². The third-order valence-electron chi connectivity index (χ3n) is 6.11.